The van der Waals surface area contributed by atoms with Crippen LogP contribution in [0, 0.1) is 12.7 Å². The zero-order valence-corrected chi connectivity index (χ0v) is 9.51. The second-order valence-electron chi connectivity index (χ2n) is 3.59. The van der Waals surface area contributed by atoms with E-state index in [1.165, 1.54) is 0 Å². The van der Waals surface area contributed by atoms with Gasteiger partial charge in [-0.1, -0.05) is 19.1 Å². The molecule has 1 atom stereocenters. The summed E-state index contributed by atoms with van der Waals surface area (Å²) in [5, 5.41) is 3.03. The molecule has 0 aromatic heterocycles. The molecule has 0 saturated carbocycles. The highest BCUT2D eigenvalue weighted by molar-refractivity contribution is 5.30. The smallest absolute Gasteiger partial charge is 0.167 e. The summed E-state index contributed by atoms with van der Waals surface area (Å²) >= 11 is 0. The Morgan fingerprint density at radius 2 is 2.20 bits per heavy atom. The lowest BCUT2D eigenvalue weighted by atomic mass is 10.2. The molecule has 3 heteroatoms. The molecule has 0 heterocycles. The van der Waals surface area contributed by atoms with Gasteiger partial charge < -0.3 is 10.1 Å². The van der Waals surface area contributed by atoms with Crippen molar-refractivity contribution in [2.75, 3.05) is 13.6 Å². The number of hydrogen-bond acceptors (Lipinski definition) is 2. The average Bonchev–Trinajstić information content (AvgIpc) is 2.24. The maximum absolute atomic E-state index is 13.6. The minimum atomic E-state index is -0.257. The molecule has 0 radical (unpaired) electrons. The molecule has 0 spiro atoms. The van der Waals surface area contributed by atoms with Gasteiger partial charge in [0.25, 0.3) is 0 Å². The number of likely N-dealkylation sites (N-methyl/N-ethyl adjacent to an activating group) is 1. The summed E-state index contributed by atoms with van der Waals surface area (Å²) in [5.74, 6) is 0.0872. The summed E-state index contributed by atoms with van der Waals surface area (Å²) in [4.78, 5) is 0. The van der Waals surface area contributed by atoms with Gasteiger partial charge in [-0.25, -0.2) is 4.39 Å². The summed E-state index contributed by atoms with van der Waals surface area (Å²) in [7, 11) is 1.86. The third-order valence-electron chi connectivity index (χ3n) is 2.34. The van der Waals surface area contributed by atoms with Crippen LogP contribution in [0.4, 0.5) is 4.39 Å². The van der Waals surface area contributed by atoms with Gasteiger partial charge in [0, 0.05) is 6.54 Å². The number of rotatable bonds is 5. The van der Waals surface area contributed by atoms with E-state index >= 15 is 0 Å². The molecule has 15 heavy (non-hydrogen) atoms. The first-order valence-corrected chi connectivity index (χ1v) is 5.25. The van der Waals surface area contributed by atoms with E-state index in [0.29, 0.717) is 11.3 Å². The van der Waals surface area contributed by atoms with Gasteiger partial charge in [-0.15, -0.1) is 0 Å². The zero-order valence-electron chi connectivity index (χ0n) is 9.51. The lowest BCUT2D eigenvalue weighted by molar-refractivity contribution is 0.188. The van der Waals surface area contributed by atoms with E-state index in [-0.39, 0.29) is 11.9 Å². The van der Waals surface area contributed by atoms with Crippen molar-refractivity contribution in [3.8, 4) is 5.75 Å². The number of halogens is 1. The zero-order chi connectivity index (χ0) is 11.3. The van der Waals surface area contributed by atoms with Crippen LogP contribution in [0.25, 0.3) is 0 Å². The second kappa shape index (κ2) is 5.71. The Morgan fingerprint density at radius 3 is 2.80 bits per heavy atom. The lowest BCUT2D eigenvalue weighted by Gasteiger charge is -2.17. The molecule has 0 bridgehead atoms. The Morgan fingerprint density at radius 1 is 1.47 bits per heavy atom. The van der Waals surface area contributed by atoms with Crippen LogP contribution < -0.4 is 10.1 Å². The average molecular weight is 211 g/mol. The fraction of sp³-hybridized carbons (Fsp3) is 0.500. The van der Waals surface area contributed by atoms with Crippen LogP contribution in [-0.4, -0.2) is 19.7 Å². The van der Waals surface area contributed by atoms with Crippen LogP contribution in [-0.2, 0) is 0 Å². The van der Waals surface area contributed by atoms with Crippen LogP contribution in [0.3, 0.4) is 0 Å². The third kappa shape index (κ3) is 3.20. The molecular weight excluding hydrogens is 193 g/mol. The van der Waals surface area contributed by atoms with Crippen LogP contribution in [0.5, 0.6) is 5.75 Å². The highest BCUT2D eigenvalue weighted by Gasteiger charge is 2.11. The summed E-state index contributed by atoms with van der Waals surface area (Å²) < 4.78 is 19.2. The van der Waals surface area contributed by atoms with E-state index in [4.69, 9.17) is 4.74 Å². The highest BCUT2D eigenvalue weighted by atomic mass is 19.1. The molecule has 1 aromatic rings. The number of hydrogen-bond donors (Lipinski definition) is 1. The summed E-state index contributed by atoms with van der Waals surface area (Å²) in [6.07, 6.45) is 0.875. The standard InChI is InChI=1S/C12H18FNO/c1-4-10(8-14-3)15-11-7-5-6-9(2)12(11)13/h5-7,10,14H,4,8H2,1-3H3. The number of ether oxygens (including phenoxy) is 1. The van der Waals surface area contributed by atoms with E-state index in [2.05, 4.69) is 5.32 Å². The Hall–Kier alpha value is -1.09. The fourth-order valence-corrected chi connectivity index (χ4v) is 1.39. The number of aryl methyl sites for hydroxylation is 1. The Labute approximate surface area is 90.4 Å². The predicted molar refractivity (Wildman–Crippen MR) is 59.8 cm³/mol. The van der Waals surface area contributed by atoms with Gasteiger partial charge in [0.15, 0.2) is 11.6 Å². The molecule has 84 valence electrons. The van der Waals surface area contributed by atoms with Crippen molar-refractivity contribution in [2.24, 2.45) is 0 Å². The molecular formula is C12H18FNO. The van der Waals surface area contributed by atoms with Gasteiger partial charge in [-0.2, -0.15) is 0 Å². The maximum Gasteiger partial charge on any atom is 0.167 e. The first kappa shape index (κ1) is 12.0. The van der Waals surface area contributed by atoms with Gasteiger partial charge in [0.05, 0.1) is 0 Å². The van der Waals surface area contributed by atoms with Crippen molar-refractivity contribution in [3.05, 3.63) is 29.6 Å². The molecule has 1 N–H and O–H groups in total. The fourth-order valence-electron chi connectivity index (χ4n) is 1.39. The number of nitrogens with one attached hydrogen (secondary N) is 1. The normalized spacial score (nSPS) is 12.5. The molecule has 0 saturated heterocycles. The van der Waals surface area contributed by atoms with Crippen molar-refractivity contribution >= 4 is 0 Å². The van der Waals surface area contributed by atoms with Gasteiger partial charge in [-0.3, -0.25) is 0 Å². The monoisotopic (exact) mass is 211 g/mol. The van der Waals surface area contributed by atoms with Gasteiger partial charge in [0.2, 0.25) is 0 Å². The third-order valence-corrected chi connectivity index (χ3v) is 2.34. The minimum absolute atomic E-state index is 0.0197. The number of benzene rings is 1. The van der Waals surface area contributed by atoms with E-state index in [0.717, 1.165) is 13.0 Å². The van der Waals surface area contributed by atoms with Crippen LogP contribution >= 0.6 is 0 Å². The van der Waals surface area contributed by atoms with Crippen LogP contribution in [0.1, 0.15) is 18.9 Å². The van der Waals surface area contributed by atoms with Crippen molar-refractivity contribution in [2.45, 2.75) is 26.4 Å². The molecule has 1 aromatic carbocycles. The van der Waals surface area contributed by atoms with Gasteiger partial charge >= 0.3 is 0 Å². The molecule has 0 amide bonds. The summed E-state index contributed by atoms with van der Waals surface area (Å²) in [6, 6.07) is 5.21. The lowest BCUT2D eigenvalue weighted by Crippen LogP contribution is -2.28. The van der Waals surface area contributed by atoms with E-state index in [9.17, 15) is 4.39 Å². The minimum Gasteiger partial charge on any atom is -0.486 e. The van der Waals surface area contributed by atoms with Crippen LogP contribution in [0.2, 0.25) is 0 Å². The van der Waals surface area contributed by atoms with Crippen molar-refractivity contribution < 1.29 is 9.13 Å². The Kier molecular flexibility index (Phi) is 4.56. The molecule has 0 aliphatic carbocycles. The van der Waals surface area contributed by atoms with Gasteiger partial charge in [-0.05, 0) is 32.0 Å². The largest absolute Gasteiger partial charge is 0.486 e. The molecule has 1 rings (SSSR count). The van der Waals surface area contributed by atoms with E-state index in [1.807, 2.05) is 14.0 Å². The Balaban J connectivity index is 2.74. The van der Waals surface area contributed by atoms with Gasteiger partial charge in [0.1, 0.15) is 6.10 Å². The van der Waals surface area contributed by atoms with E-state index < -0.39 is 0 Å². The first-order chi connectivity index (χ1) is 7.19. The molecule has 0 aliphatic heterocycles. The summed E-state index contributed by atoms with van der Waals surface area (Å²) in [6.45, 7) is 4.49. The van der Waals surface area contributed by atoms with Crippen molar-refractivity contribution in [3.63, 3.8) is 0 Å². The maximum atomic E-state index is 13.6. The van der Waals surface area contributed by atoms with Crippen molar-refractivity contribution in [1.29, 1.82) is 0 Å². The highest BCUT2D eigenvalue weighted by Crippen LogP contribution is 2.21. The van der Waals surface area contributed by atoms with Crippen molar-refractivity contribution in [1.82, 2.24) is 5.32 Å². The quantitative estimate of drug-likeness (QED) is 0.808. The first-order valence-electron chi connectivity index (χ1n) is 5.25. The summed E-state index contributed by atoms with van der Waals surface area (Å²) in [5.41, 5.74) is 0.617. The molecule has 1 unspecified atom stereocenters. The predicted octanol–water partition coefficient (Wildman–Crippen LogP) is 2.51. The van der Waals surface area contributed by atoms with Crippen LogP contribution in [0.15, 0.2) is 18.2 Å². The second-order valence-corrected chi connectivity index (χ2v) is 3.59. The molecule has 0 fully saturated rings. The van der Waals surface area contributed by atoms with E-state index in [1.54, 1.807) is 25.1 Å². The SMILES string of the molecule is CCC(CNC)Oc1cccc(C)c1F. The molecule has 2 nitrogen and oxygen atoms in total. The molecule has 0 aliphatic rings. The Bertz CT molecular complexity index is 314. The topological polar surface area (TPSA) is 21.3 Å².